The van der Waals surface area contributed by atoms with Crippen molar-refractivity contribution in [3.63, 3.8) is 0 Å². The minimum Gasteiger partial charge on any atom is -0.481 e. The molecule has 1 aliphatic rings. The van der Waals surface area contributed by atoms with Crippen LogP contribution in [-0.4, -0.2) is 40.0 Å². The Labute approximate surface area is 130 Å². The molecule has 108 valence electrons. The molecule has 20 heavy (non-hydrogen) atoms. The third kappa shape index (κ3) is 3.00. The molecule has 2 rings (SSSR count). The van der Waals surface area contributed by atoms with Crippen LogP contribution in [0, 0.1) is 5.92 Å². The summed E-state index contributed by atoms with van der Waals surface area (Å²) in [4.78, 5) is 28.7. The number of carboxylic acids is 1. The van der Waals surface area contributed by atoms with Crippen molar-refractivity contribution in [2.75, 3.05) is 13.1 Å². The fourth-order valence-electron chi connectivity index (χ4n) is 2.11. The Bertz CT molecular complexity index is 565. The van der Waals surface area contributed by atoms with Gasteiger partial charge in [0.05, 0.1) is 21.0 Å². The molecule has 1 aromatic rings. The van der Waals surface area contributed by atoms with Crippen LogP contribution < -0.4 is 0 Å². The van der Waals surface area contributed by atoms with E-state index >= 15 is 0 Å². The van der Waals surface area contributed by atoms with Crippen LogP contribution in [-0.2, 0) is 4.79 Å². The fourth-order valence-corrected chi connectivity index (χ4v) is 2.67. The number of pyridine rings is 1. The summed E-state index contributed by atoms with van der Waals surface area (Å²) >= 11 is 17.6. The van der Waals surface area contributed by atoms with Crippen molar-refractivity contribution < 1.29 is 14.7 Å². The summed E-state index contributed by atoms with van der Waals surface area (Å²) in [6.45, 7) is 0.618. The second-order valence-corrected chi connectivity index (χ2v) is 5.67. The van der Waals surface area contributed by atoms with E-state index in [1.54, 1.807) is 0 Å². The molecule has 0 unspecified atom stereocenters. The molecule has 1 fully saturated rings. The molecule has 0 aliphatic carbocycles. The number of carbonyl (C=O) groups is 2. The van der Waals surface area contributed by atoms with Gasteiger partial charge in [-0.25, -0.2) is 4.98 Å². The first-order valence-corrected chi connectivity index (χ1v) is 7.06. The number of rotatable bonds is 2. The van der Waals surface area contributed by atoms with E-state index in [4.69, 9.17) is 39.9 Å². The zero-order valence-electron chi connectivity index (χ0n) is 10.3. The summed E-state index contributed by atoms with van der Waals surface area (Å²) in [6, 6.07) is 0. The van der Waals surface area contributed by atoms with Gasteiger partial charge in [-0.3, -0.25) is 9.59 Å². The second-order valence-electron chi connectivity index (χ2n) is 4.51. The van der Waals surface area contributed by atoms with E-state index in [1.807, 2.05) is 0 Å². The second kappa shape index (κ2) is 6.16. The molecule has 2 heterocycles. The van der Waals surface area contributed by atoms with Gasteiger partial charge in [0.1, 0.15) is 5.69 Å². The lowest BCUT2D eigenvalue weighted by molar-refractivity contribution is -0.143. The smallest absolute Gasteiger partial charge is 0.308 e. The van der Waals surface area contributed by atoms with E-state index in [2.05, 4.69) is 4.98 Å². The Morgan fingerprint density at radius 1 is 1.30 bits per heavy atom. The monoisotopic (exact) mass is 336 g/mol. The van der Waals surface area contributed by atoms with Crippen LogP contribution in [0.25, 0.3) is 0 Å². The molecule has 1 N–H and O–H groups in total. The van der Waals surface area contributed by atoms with Crippen LogP contribution >= 0.6 is 34.8 Å². The lowest BCUT2D eigenvalue weighted by atomic mass is 9.98. The number of piperidine rings is 1. The number of halogens is 3. The Morgan fingerprint density at radius 3 is 2.65 bits per heavy atom. The van der Waals surface area contributed by atoms with Crippen molar-refractivity contribution in [1.82, 2.24) is 9.88 Å². The number of amides is 1. The maximum absolute atomic E-state index is 12.3. The number of aromatic nitrogens is 1. The van der Waals surface area contributed by atoms with Gasteiger partial charge in [0, 0.05) is 19.3 Å². The number of aliphatic carboxylic acids is 1. The van der Waals surface area contributed by atoms with Gasteiger partial charge < -0.3 is 10.0 Å². The molecular formula is C12H11Cl3N2O3. The highest BCUT2D eigenvalue weighted by Gasteiger charge is 2.30. The van der Waals surface area contributed by atoms with Gasteiger partial charge >= 0.3 is 5.97 Å². The minimum atomic E-state index is -0.907. The maximum atomic E-state index is 12.3. The minimum absolute atomic E-state index is 0.00731. The zero-order valence-corrected chi connectivity index (χ0v) is 12.5. The van der Waals surface area contributed by atoms with Gasteiger partial charge in [0.25, 0.3) is 5.91 Å². The van der Waals surface area contributed by atoms with E-state index in [-0.39, 0.29) is 27.3 Å². The predicted molar refractivity (Wildman–Crippen MR) is 75.5 cm³/mol. The Balaban J connectivity index is 2.23. The van der Waals surface area contributed by atoms with Crippen molar-refractivity contribution in [1.29, 1.82) is 0 Å². The van der Waals surface area contributed by atoms with Crippen LogP contribution in [0.2, 0.25) is 15.1 Å². The van der Waals surface area contributed by atoms with Crippen molar-refractivity contribution in [3.8, 4) is 0 Å². The lowest BCUT2D eigenvalue weighted by Crippen LogP contribution is -2.42. The fraction of sp³-hybridized carbons (Fsp3) is 0.417. The number of carboxylic acid groups (broad SMARTS) is 1. The summed E-state index contributed by atoms with van der Waals surface area (Å²) < 4.78 is 0. The molecule has 0 spiro atoms. The van der Waals surface area contributed by atoms with Gasteiger partial charge in [0.15, 0.2) is 0 Å². The summed E-state index contributed by atoms with van der Waals surface area (Å²) in [5.41, 5.74) is -0.00731. The largest absolute Gasteiger partial charge is 0.481 e. The first-order valence-electron chi connectivity index (χ1n) is 5.93. The van der Waals surface area contributed by atoms with Crippen LogP contribution in [0.5, 0.6) is 0 Å². The van der Waals surface area contributed by atoms with Crippen molar-refractivity contribution in [3.05, 3.63) is 27.0 Å². The molecule has 1 saturated heterocycles. The van der Waals surface area contributed by atoms with E-state index in [0.29, 0.717) is 19.4 Å². The van der Waals surface area contributed by atoms with Gasteiger partial charge in [-0.1, -0.05) is 34.8 Å². The third-order valence-corrected chi connectivity index (χ3v) is 4.42. The summed E-state index contributed by atoms with van der Waals surface area (Å²) in [6.07, 6.45) is 2.44. The molecule has 1 amide bonds. The molecule has 5 nitrogen and oxygen atoms in total. The topological polar surface area (TPSA) is 70.5 Å². The summed E-state index contributed by atoms with van der Waals surface area (Å²) in [5.74, 6) is -1.90. The van der Waals surface area contributed by atoms with Crippen molar-refractivity contribution >= 4 is 46.7 Å². The van der Waals surface area contributed by atoms with E-state index < -0.39 is 17.8 Å². The predicted octanol–water partition coefficient (Wildman–Crippen LogP) is 2.98. The van der Waals surface area contributed by atoms with Gasteiger partial charge in [-0.15, -0.1) is 0 Å². The standard InChI is InChI=1S/C12H11Cl3N2O3/c13-7-4-16-10(9(15)8(7)14)11(18)17-3-1-2-6(5-17)12(19)20/h4,6H,1-3,5H2,(H,19,20)/t6-/m1/s1. The lowest BCUT2D eigenvalue weighted by Gasteiger charge is -2.30. The average Bonchev–Trinajstić information content (AvgIpc) is 2.44. The number of likely N-dealkylation sites (tertiary alicyclic amines) is 1. The van der Waals surface area contributed by atoms with Crippen LogP contribution in [0.15, 0.2) is 6.20 Å². The molecule has 0 bridgehead atoms. The molecule has 0 saturated carbocycles. The highest BCUT2D eigenvalue weighted by molar-refractivity contribution is 6.48. The molecule has 1 aliphatic heterocycles. The van der Waals surface area contributed by atoms with Crippen LogP contribution in [0.4, 0.5) is 0 Å². The van der Waals surface area contributed by atoms with Gasteiger partial charge in [-0.2, -0.15) is 0 Å². The van der Waals surface area contributed by atoms with E-state index in [9.17, 15) is 9.59 Å². The molecule has 1 aromatic heterocycles. The van der Waals surface area contributed by atoms with Gasteiger partial charge in [0.2, 0.25) is 0 Å². The summed E-state index contributed by atoms with van der Waals surface area (Å²) in [5, 5.41) is 9.24. The van der Waals surface area contributed by atoms with Crippen molar-refractivity contribution in [2.24, 2.45) is 5.92 Å². The molecule has 1 atom stereocenters. The van der Waals surface area contributed by atoms with Crippen LogP contribution in [0.3, 0.4) is 0 Å². The molecule has 0 radical (unpaired) electrons. The summed E-state index contributed by atoms with van der Waals surface area (Å²) in [7, 11) is 0. The van der Waals surface area contributed by atoms with E-state index in [1.165, 1.54) is 11.1 Å². The van der Waals surface area contributed by atoms with Gasteiger partial charge in [-0.05, 0) is 12.8 Å². The molecule has 8 heteroatoms. The van der Waals surface area contributed by atoms with E-state index in [0.717, 1.165) is 0 Å². The number of hydrogen-bond acceptors (Lipinski definition) is 3. The Morgan fingerprint density at radius 2 is 2.00 bits per heavy atom. The SMILES string of the molecule is O=C(O)[C@@H]1CCCN(C(=O)c2ncc(Cl)c(Cl)c2Cl)C1. The molecule has 0 aromatic carbocycles. The molecular weight excluding hydrogens is 327 g/mol. The normalized spacial score (nSPS) is 18.9. The average molecular weight is 338 g/mol. The quantitative estimate of drug-likeness (QED) is 0.900. The third-order valence-electron chi connectivity index (χ3n) is 3.18. The number of nitrogens with zero attached hydrogens (tertiary/aromatic N) is 2. The zero-order chi connectivity index (χ0) is 14.9. The highest BCUT2D eigenvalue weighted by atomic mass is 35.5. The highest BCUT2D eigenvalue weighted by Crippen LogP contribution is 2.32. The number of hydrogen-bond donors (Lipinski definition) is 1. The van der Waals surface area contributed by atoms with Crippen molar-refractivity contribution in [2.45, 2.75) is 12.8 Å². The maximum Gasteiger partial charge on any atom is 0.308 e. The Kier molecular flexibility index (Phi) is 4.73. The van der Waals surface area contributed by atoms with Crippen LogP contribution in [0.1, 0.15) is 23.3 Å². The first-order chi connectivity index (χ1) is 9.41. The number of carbonyl (C=O) groups excluding carboxylic acids is 1. The first kappa shape index (κ1) is 15.4. The Hall–Kier alpha value is -1.04.